The summed E-state index contributed by atoms with van der Waals surface area (Å²) in [7, 11) is 0. The van der Waals surface area contributed by atoms with Crippen molar-refractivity contribution < 1.29 is 0 Å². The fourth-order valence-corrected chi connectivity index (χ4v) is 2.89. The molecule has 3 aromatic rings. The summed E-state index contributed by atoms with van der Waals surface area (Å²) in [6.07, 6.45) is 0. The van der Waals surface area contributed by atoms with Gasteiger partial charge in [-0.1, -0.05) is 48.5 Å². The van der Waals surface area contributed by atoms with E-state index in [1.165, 1.54) is 11.3 Å². The molecule has 0 aromatic heterocycles. The molecular formula is C19H16BrN. The zero-order valence-electron chi connectivity index (χ0n) is 11.8. The SMILES string of the molecule is Cc1ccccc1N(c1ccccc1)c1ccccc1Br. The van der Waals surface area contributed by atoms with Crippen molar-refractivity contribution in [2.24, 2.45) is 0 Å². The molecule has 0 radical (unpaired) electrons. The van der Waals surface area contributed by atoms with E-state index in [1.54, 1.807) is 0 Å². The molecule has 1 nitrogen and oxygen atoms in total. The topological polar surface area (TPSA) is 3.24 Å². The zero-order chi connectivity index (χ0) is 14.7. The lowest BCUT2D eigenvalue weighted by molar-refractivity contribution is 1.24. The fourth-order valence-electron chi connectivity index (χ4n) is 2.43. The minimum atomic E-state index is 1.08. The average Bonchev–Trinajstić information content (AvgIpc) is 2.52. The van der Waals surface area contributed by atoms with E-state index in [9.17, 15) is 0 Å². The molecule has 0 unspecified atom stereocenters. The highest BCUT2D eigenvalue weighted by Crippen LogP contribution is 2.39. The molecule has 0 heterocycles. The van der Waals surface area contributed by atoms with Crippen LogP contribution in [0.15, 0.2) is 83.3 Å². The second-order valence-corrected chi connectivity index (χ2v) is 5.76. The minimum Gasteiger partial charge on any atom is -0.309 e. The Morgan fingerprint density at radius 3 is 1.90 bits per heavy atom. The lowest BCUT2D eigenvalue weighted by Crippen LogP contribution is -2.11. The molecule has 0 saturated carbocycles. The van der Waals surface area contributed by atoms with Gasteiger partial charge in [-0.25, -0.2) is 0 Å². The van der Waals surface area contributed by atoms with Gasteiger partial charge >= 0.3 is 0 Å². The monoisotopic (exact) mass is 337 g/mol. The van der Waals surface area contributed by atoms with Gasteiger partial charge in [0.2, 0.25) is 0 Å². The maximum Gasteiger partial charge on any atom is 0.0603 e. The first-order valence-corrected chi connectivity index (χ1v) is 7.72. The summed E-state index contributed by atoms with van der Waals surface area (Å²) >= 11 is 3.67. The van der Waals surface area contributed by atoms with Gasteiger partial charge in [-0.3, -0.25) is 0 Å². The fraction of sp³-hybridized carbons (Fsp3) is 0.0526. The Kier molecular flexibility index (Phi) is 4.07. The Morgan fingerprint density at radius 2 is 1.24 bits per heavy atom. The molecule has 0 bridgehead atoms. The van der Waals surface area contributed by atoms with Crippen molar-refractivity contribution in [2.45, 2.75) is 6.92 Å². The van der Waals surface area contributed by atoms with E-state index in [0.717, 1.165) is 15.8 Å². The van der Waals surface area contributed by atoms with Crippen LogP contribution >= 0.6 is 15.9 Å². The molecule has 0 spiro atoms. The maximum atomic E-state index is 3.67. The van der Waals surface area contributed by atoms with E-state index in [0.29, 0.717) is 0 Å². The first kappa shape index (κ1) is 13.9. The predicted octanol–water partition coefficient (Wildman–Crippen LogP) is 6.23. The largest absolute Gasteiger partial charge is 0.309 e. The number of hydrogen-bond donors (Lipinski definition) is 0. The molecule has 0 amide bonds. The summed E-state index contributed by atoms with van der Waals surface area (Å²) in [4.78, 5) is 2.28. The number of halogens is 1. The van der Waals surface area contributed by atoms with Crippen LogP contribution in [0.25, 0.3) is 0 Å². The number of aryl methyl sites for hydroxylation is 1. The van der Waals surface area contributed by atoms with Crippen molar-refractivity contribution >= 4 is 33.0 Å². The molecule has 3 rings (SSSR count). The summed E-state index contributed by atoms with van der Waals surface area (Å²) in [5.74, 6) is 0. The predicted molar refractivity (Wildman–Crippen MR) is 93.6 cm³/mol. The number of rotatable bonds is 3. The molecule has 2 heteroatoms. The zero-order valence-corrected chi connectivity index (χ0v) is 13.4. The summed E-state index contributed by atoms with van der Waals surface area (Å²) in [6.45, 7) is 2.14. The second kappa shape index (κ2) is 6.15. The smallest absolute Gasteiger partial charge is 0.0603 e. The van der Waals surface area contributed by atoms with Gasteiger partial charge in [0, 0.05) is 15.8 Å². The standard InChI is InChI=1S/C19H16BrN/c1-15-9-5-7-13-18(15)21(16-10-3-2-4-11-16)19-14-8-6-12-17(19)20/h2-14H,1H3. The van der Waals surface area contributed by atoms with Gasteiger partial charge in [0.15, 0.2) is 0 Å². The van der Waals surface area contributed by atoms with Crippen molar-refractivity contribution in [3.8, 4) is 0 Å². The van der Waals surface area contributed by atoms with Crippen molar-refractivity contribution in [2.75, 3.05) is 4.90 Å². The quantitative estimate of drug-likeness (QED) is 0.547. The maximum absolute atomic E-state index is 3.67. The lowest BCUT2D eigenvalue weighted by Gasteiger charge is -2.27. The molecule has 0 aliphatic heterocycles. The molecule has 104 valence electrons. The number of anilines is 3. The Labute approximate surface area is 134 Å². The highest BCUT2D eigenvalue weighted by Gasteiger charge is 2.15. The van der Waals surface area contributed by atoms with Gasteiger partial charge in [-0.05, 0) is 58.7 Å². The van der Waals surface area contributed by atoms with Crippen LogP contribution in [0, 0.1) is 6.92 Å². The molecular weight excluding hydrogens is 322 g/mol. The lowest BCUT2D eigenvalue weighted by atomic mass is 10.1. The van der Waals surface area contributed by atoms with Crippen LogP contribution in [0.2, 0.25) is 0 Å². The van der Waals surface area contributed by atoms with Gasteiger partial charge < -0.3 is 4.90 Å². The third-order valence-electron chi connectivity index (χ3n) is 3.46. The van der Waals surface area contributed by atoms with Crippen molar-refractivity contribution in [3.63, 3.8) is 0 Å². The average molecular weight is 338 g/mol. The Balaban J connectivity index is 2.22. The molecule has 21 heavy (non-hydrogen) atoms. The van der Waals surface area contributed by atoms with Gasteiger partial charge in [-0.2, -0.15) is 0 Å². The van der Waals surface area contributed by atoms with Crippen LogP contribution in [0.3, 0.4) is 0 Å². The first-order chi connectivity index (χ1) is 10.3. The number of benzene rings is 3. The molecule has 0 fully saturated rings. The molecule has 0 saturated heterocycles. The number of hydrogen-bond acceptors (Lipinski definition) is 1. The van der Waals surface area contributed by atoms with Crippen LogP contribution in [0.1, 0.15) is 5.56 Å². The molecule has 0 atom stereocenters. The third-order valence-corrected chi connectivity index (χ3v) is 4.13. The van der Waals surface area contributed by atoms with Crippen LogP contribution in [-0.4, -0.2) is 0 Å². The normalized spacial score (nSPS) is 10.4. The van der Waals surface area contributed by atoms with Gasteiger partial charge in [0.1, 0.15) is 0 Å². The van der Waals surface area contributed by atoms with Crippen molar-refractivity contribution in [3.05, 3.63) is 88.9 Å². The van der Waals surface area contributed by atoms with Crippen molar-refractivity contribution in [1.82, 2.24) is 0 Å². The van der Waals surface area contributed by atoms with Crippen LogP contribution in [0.5, 0.6) is 0 Å². The van der Waals surface area contributed by atoms with E-state index in [4.69, 9.17) is 0 Å². The summed E-state index contributed by atoms with van der Waals surface area (Å²) in [6, 6.07) is 27.2. The molecule has 0 N–H and O–H groups in total. The second-order valence-electron chi connectivity index (χ2n) is 4.91. The number of para-hydroxylation sites is 3. The van der Waals surface area contributed by atoms with Crippen LogP contribution < -0.4 is 4.90 Å². The summed E-state index contributed by atoms with van der Waals surface area (Å²) in [5.41, 5.74) is 4.73. The Hall–Kier alpha value is -2.06. The van der Waals surface area contributed by atoms with Crippen LogP contribution in [-0.2, 0) is 0 Å². The van der Waals surface area contributed by atoms with Crippen LogP contribution in [0.4, 0.5) is 17.1 Å². The third kappa shape index (κ3) is 2.86. The van der Waals surface area contributed by atoms with E-state index in [2.05, 4.69) is 94.5 Å². The summed E-state index contributed by atoms with van der Waals surface area (Å²) < 4.78 is 1.08. The van der Waals surface area contributed by atoms with E-state index < -0.39 is 0 Å². The van der Waals surface area contributed by atoms with Gasteiger partial charge in [-0.15, -0.1) is 0 Å². The molecule has 0 aliphatic rings. The van der Waals surface area contributed by atoms with Gasteiger partial charge in [0.05, 0.1) is 5.69 Å². The Morgan fingerprint density at radius 1 is 0.667 bits per heavy atom. The molecule has 0 aliphatic carbocycles. The van der Waals surface area contributed by atoms with E-state index in [1.807, 2.05) is 12.1 Å². The minimum absolute atomic E-state index is 1.08. The number of nitrogens with zero attached hydrogens (tertiary/aromatic N) is 1. The highest BCUT2D eigenvalue weighted by atomic mass is 79.9. The van der Waals surface area contributed by atoms with E-state index in [-0.39, 0.29) is 0 Å². The van der Waals surface area contributed by atoms with Gasteiger partial charge in [0.25, 0.3) is 0 Å². The highest BCUT2D eigenvalue weighted by molar-refractivity contribution is 9.10. The van der Waals surface area contributed by atoms with E-state index >= 15 is 0 Å². The van der Waals surface area contributed by atoms with Crippen molar-refractivity contribution in [1.29, 1.82) is 0 Å². The summed E-state index contributed by atoms with van der Waals surface area (Å²) in [5, 5.41) is 0. The Bertz CT molecular complexity index is 692. The first-order valence-electron chi connectivity index (χ1n) is 6.93. The molecule has 3 aromatic carbocycles.